The third-order valence-electron chi connectivity index (χ3n) is 13.4. The Morgan fingerprint density at radius 2 is 1.13 bits per heavy atom. The summed E-state index contributed by atoms with van der Waals surface area (Å²) in [5.41, 5.74) is 13.2. The van der Waals surface area contributed by atoms with E-state index in [1.165, 1.54) is 27.8 Å². The molecular formula is C61H65N4OPt-3. The van der Waals surface area contributed by atoms with Crippen LogP contribution >= 0.6 is 0 Å². The zero-order valence-corrected chi connectivity index (χ0v) is 44.1. The van der Waals surface area contributed by atoms with Gasteiger partial charge >= 0.3 is 0 Å². The molecule has 6 heteroatoms. The Labute approximate surface area is 414 Å². The maximum atomic E-state index is 6.99. The molecule has 8 aromatic rings. The molecule has 0 N–H and O–H groups in total. The Balaban J connectivity index is 0.00000608. The Kier molecular flexibility index (Phi) is 12.2. The Morgan fingerprint density at radius 1 is 0.507 bits per heavy atom. The van der Waals surface area contributed by atoms with Crippen molar-refractivity contribution in [2.75, 3.05) is 9.80 Å². The second-order valence-corrected chi connectivity index (χ2v) is 22.8. The number of benzene rings is 6. The molecule has 0 amide bonds. The Bertz CT molecular complexity index is 3080. The molecule has 2 aromatic heterocycles. The number of rotatable bonds is 7. The van der Waals surface area contributed by atoms with Crippen molar-refractivity contribution in [3.63, 3.8) is 0 Å². The maximum absolute atomic E-state index is 6.99. The molecule has 0 saturated carbocycles. The van der Waals surface area contributed by atoms with Crippen molar-refractivity contribution in [1.29, 1.82) is 0 Å². The molecule has 0 aliphatic carbocycles. The number of nitrogens with zero attached hydrogens (tertiary/aromatic N) is 4. The predicted octanol–water partition coefficient (Wildman–Crippen LogP) is 16.5. The summed E-state index contributed by atoms with van der Waals surface area (Å²) in [6.07, 6.45) is 1.93. The van der Waals surface area contributed by atoms with Crippen molar-refractivity contribution in [2.45, 2.75) is 124 Å². The van der Waals surface area contributed by atoms with Gasteiger partial charge in [0.1, 0.15) is 5.82 Å². The summed E-state index contributed by atoms with van der Waals surface area (Å²) < 4.78 is 9.25. The average molecular weight is 1070 g/mol. The molecule has 6 aromatic carbocycles. The van der Waals surface area contributed by atoms with E-state index < -0.39 is 5.41 Å². The van der Waals surface area contributed by atoms with E-state index >= 15 is 0 Å². The number of hydrogen-bond acceptors (Lipinski definition) is 4. The van der Waals surface area contributed by atoms with E-state index in [0.29, 0.717) is 11.5 Å². The summed E-state index contributed by atoms with van der Waals surface area (Å²) in [6, 6.07) is 53.6. The quantitative estimate of drug-likeness (QED) is 0.149. The number of anilines is 4. The average Bonchev–Trinajstić information content (AvgIpc) is 3.81. The van der Waals surface area contributed by atoms with E-state index in [2.05, 4.69) is 251 Å². The monoisotopic (exact) mass is 1060 g/mol. The van der Waals surface area contributed by atoms with Crippen molar-refractivity contribution >= 4 is 44.6 Å². The molecule has 0 fully saturated rings. The first-order chi connectivity index (χ1) is 31.0. The predicted molar refractivity (Wildman–Crippen MR) is 278 cm³/mol. The number of hydrogen-bond donors (Lipinski definition) is 0. The fraction of sp³-hybridized carbons (Fsp3) is 0.311. The van der Waals surface area contributed by atoms with Crippen LogP contribution < -0.4 is 14.5 Å². The summed E-state index contributed by atoms with van der Waals surface area (Å²) in [6.45, 7) is 34.2. The van der Waals surface area contributed by atoms with Crippen molar-refractivity contribution in [2.24, 2.45) is 0 Å². The van der Waals surface area contributed by atoms with Crippen LogP contribution in [0.5, 0.6) is 11.5 Å². The first-order valence-electron chi connectivity index (χ1n) is 23.5. The van der Waals surface area contributed by atoms with Gasteiger partial charge in [-0.2, -0.15) is 6.07 Å². The summed E-state index contributed by atoms with van der Waals surface area (Å²) in [5.74, 6) is 2.07. The minimum absolute atomic E-state index is 0. The largest absolute Gasteiger partial charge is 0.509 e. The molecule has 1 aliphatic rings. The van der Waals surface area contributed by atoms with Crippen LogP contribution in [-0.4, -0.2) is 9.55 Å². The summed E-state index contributed by atoms with van der Waals surface area (Å²) >= 11 is 0. The van der Waals surface area contributed by atoms with Gasteiger partial charge in [0.25, 0.3) is 0 Å². The van der Waals surface area contributed by atoms with Crippen molar-refractivity contribution in [3.8, 4) is 17.3 Å². The van der Waals surface area contributed by atoms with Gasteiger partial charge in [0, 0.05) is 61.3 Å². The molecule has 0 radical (unpaired) electrons. The third kappa shape index (κ3) is 9.09. The molecule has 0 spiro atoms. The molecule has 9 rings (SSSR count). The fourth-order valence-electron chi connectivity index (χ4n) is 9.19. The van der Waals surface area contributed by atoms with Crippen LogP contribution in [0, 0.1) is 18.8 Å². The number of aromatic nitrogens is 2. The van der Waals surface area contributed by atoms with Crippen LogP contribution in [0.1, 0.15) is 130 Å². The summed E-state index contributed by atoms with van der Waals surface area (Å²) in [4.78, 5) is 9.60. The second kappa shape index (κ2) is 17.1. The molecular weight excluding hydrogens is 1000 g/mol. The molecule has 67 heavy (non-hydrogen) atoms. The number of para-hydroxylation sites is 1. The molecule has 0 bridgehead atoms. The van der Waals surface area contributed by atoms with Crippen molar-refractivity contribution in [3.05, 3.63) is 186 Å². The van der Waals surface area contributed by atoms with E-state index in [-0.39, 0.29) is 42.7 Å². The van der Waals surface area contributed by atoms with Crippen LogP contribution in [0.2, 0.25) is 0 Å². The second-order valence-electron chi connectivity index (χ2n) is 22.8. The van der Waals surface area contributed by atoms with Crippen molar-refractivity contribution < 1.29 is 25.8 Å². The Hall–Kier alpha value is -5.64. The van der Waals surface area contributed by atoms with Gasteiger partial charge in [-0.3, -0.25) is 0 Å². The molecule has 0 saturated heterocycles. The van der Waals surface area contributed by atoms with Crippen LogP contribution in [0.4, 0.5) is 22.7 Å². The smallest absolute Gasteiger partial charge is 0.135 e. The van der Waals surface area contributed by atoms with E-state index in [1.807, 2.05) is 12.3 Å². The van der Waals surface area contributed by atoms with Gasteiger partial charge in [0.15, 0.2) is 0 Å². The zero-order valence-electron chi connectivity index (χ0n) is 41.8. The third-order valence-corrected chi connectivity index (χ3v) is 13.4. The van der Waals surface area contributed by atoms with Crippen LogP contribution in [0.15, 0.2) is 134 Å². The van der Waals surface area contributed by atoms with Gasteiger partial charge in [-0.25, -0.2) is 4.98 Å². The van der Waals surface area contributed by atoms with E-state index in [0.717, 1.165) is 55.9 Å². The Morgan fingerprint density at radius 3 is 1.79 bits per heavy atom. The molecule has 1 aliphatic heterocycles. The molecule has 348 valence electrons. The van der Waals surface area contributed by atoms with Gasteiger partial charge in [-0.1, -0.05) is 168 Å². The van der Waals surface area contributed by atoms with Gasteiger partial charge in [0.05, 0.1) is 0 Å². The van der Waals surface area contributed by atoms with Crippen LogP contribution in [0.3, 0.4) is 0 Å². The number of fused-ring (bicyclic) bond motifs is 4. The zero-order chi connectivity index (χ0) is 47.1. The first-order valence-corrected chi connectivity index (χ1v) is 23.5. The van der Waals surface area contributed by atoms with Crippen LogP contribution in [0.25, 0.3) is 27.6 Å². The van der Waals surface area contributed by atoms with Gasteiger partial charge in [0.2, 0.25) is 0 Å². The maximum Gasteiger partial charge on any atom is 0.135 e. The van der Waals surface area contributed by atoms with E-state index in [1.54, 1.807) is 0 Å². The fourth-order valence-corrected chi connectivity index (χ4v) is 9.19. The number of ether oxygens (including phenoxy) is 1. The minimum Gasteiger partial charge on any atom is -0.509 e. The first kappa shape index (κ1) is 47.8. The van der Waals surface area contributed by atoms with Gasteiger partial charge in [-0.05, 0) is 103 Å². The number of pyridine rings is 1. The summed E-state index contributed by atoms with van der Waals surface area (Å²) in [5, 5.41) is 2.28. The normalized spacial score (nSPS) is 13.6. The van der Waals surface area contributed by atoms with Gasteiger partial charge < -0.3 is 19.1 Å². The SMILES string of the molecule is CC(C)(C)c1cc(N2[CH-]N(c3[c-]c(Oc4[c-]c5c(c(C(C)(C)c6ccccc6)c4)c4ccccc4n5-c4cc(C(C)(C)C)ccn4)ccc3)c3ccc(C(C)(C)C)cc32)cc(C(C)(C)C)c1.[Pt]. The summed E-state index contributed by atoms with van der Waals surface area (Å²) in [7, 11) is 0. The molecule has 3 heterocycles. The van der Waals surface area contributed by atoms with Crippen molar-refractivity contribution in [1.82, 2.24) is 9.55 Å². The van der Waals surface area contributed by atoms with Gasteiger partial charge in [-0.15, -0.1) is 48.3 Å². The molecule has 0 unspecified atom stereocenters. The van der Waals surface area contributed by atoms with E-state index in [9.17, 15) is 0 Å². The van der Waals surface area contributed by atoms with E-state index in [4.69, 9.17) is 9.72 Å². The topological polar surface area (TPSA) is 33.5 Å². The van der Waals surface area contributed by atoms with Crippen LogP contribution in [-0.2, 0) is 48.1 Å². The standard InChI is InChI=1S/C61H65N4O.Pt/c1-57(2,3)41-27-28-52-53(34-41)64(46-32-43(59(7,8)9)31-44(33-46)60(10,11)12)39-63(52)45-23-20-24-47(36-45)66-48-37-50(61(13,14)40-21-16-15-17-22-40)56-49-25-18-19-26-51(49)65(54(56)38-48)55-35-42(29-30-62-55)58(4,5)6;/h15-35,37,39H,1-14H3;/q-3;. The minimum atomic E-state index is -0.394. The molecule has 5 nitrogen and oxygen atoms in total. The molecule has 0 atom stereocenters.